The molecule has 2 heterocycles. The number of amidine groups is 1. The highest BCUT2D eigenvalue weighted by atomic mass is 15.2. The van der Waals surface area contributed by atoms with E-state index in [-0.39, 0.29) is 5.84 Å². The van der Waals surface area contributed by atoms with Gasteiger partial charge in [0.2, 0.25) is 0 Å². The molecule has 0 aromatic carbocycles. The largest absolute Gasteiger partial charge is 0.384 e. The van der Waals surface area contributed by atoms with E-state index in [9.17, 15) is 0 Å². The highest BCUT2D eigenvalue weighted by molar-refractivity contribution is 6.00. The SMILES string of the molecule is CC1CN(C)CCCN1c1cnccc1C(=N)N. The Bertz CT molecular complexity index is 431. The molecule has 1 aliphatic rings. The first-order valence-corrected chi connectivity index (χ1v) is 6.33. The molecule has 0 spiro atoms. The van der Waals surface area contributed by atoms with Gasteiger partial charge in [0, 0.05) is 30.9 Å². The summed E-state index contributed by atoms with van der Waals surface area (Å²) < 4.78 is 0. The van der Waals surface area contributed by atoms with Gasteiger partial charge in [-0.25, -0.2) is 0 Å². The summed E-state index contributed by atoms with van der Waals surface area (Å²) in [5.74, 6) is 0.109. The first kappa shape index (κ1) is 12.8. The van der Waals surface area contributed by atoms with Crippen LogP contribution in [0, 0.1) is 5.41 Å². The second kappa shape index (κ2) is 5.35. The standard InChI is InChI=1S/C13H21N5/c1-10-9-17(2)6-3-7-18(10)12-8-16-5-4-11(12)13(14)15/h4-5,8,10H,3,6-7,9H2,1-2H3,(H3,14,15). The van der Waals surface area contributed by atoms with Gasteiger partial charge in [-0.1, -0.05) is 0 Å². The summed E-state index contributed by atoms with van der Waals surface area (Å²) in [4.78, 5) is 8.83. The maximum Gasteiger partial charge on any atom is 0.125 e. The van der Waals surface area contributed by atoms with Crippen LogP contribution in [0.4, 0.5) is 5.69 Å². The number of anilines is 1. The van der Waals surface area contributed by atoms with E-state index >= 15 is 0 Å². The van der Waals surface area contributed by atoms with Gasteiger partial charge in [0.25, 0.3) is 0 Å². The van der Waals surface area contributed by atoms with Crippen LogP contribution in [0.5, 0.6) is 0 Å². The molecule has 1 aromatic heterocycles. The molecule has 98 valence electrons. The quantitative estimate of drug-likeness (QED) is 0.601. The molecule has 1 aromatic rings. The number of nitrogen functional groups attached to an aromatic ring is 1. The molecule has 1 aliphatic heterocycles. The fraction of sp³-hybridized carbons (Fsp3) is 0.538. The van der Waals surface area contributed by atoms with Gasteiger partial charge in [-0.2, -0.15) is 0 Å². The number of pyridine rings is 1. The van der Waals surface area contributed by atoms with Crippen molar-refractivity contribution in [3.05, 3.63) is 24.0 Å². The molecule has 0 saturated carbocycles. The van der Waals surface area contributed by atoms with Gasteiger partial charge in [0.15, 0.2) is 0 Å². The third-order valence-corrected chi connectivity index (χ3v) is 3.45. The molecule has 5 nitrogen and oxygen atoms in total. The third kappa shape index (κ3) is 2.61. The number of hydrogen-bond acceptors (Lipinski definition) is 4. The number of nitrogens with zero attached hydrogens (tertiary/aromatic N) is 3. The Morgan fingerprint density at radius 2 is 2.28 bits per heavy atom. The molecule has 2 rings (SSSR count). The molecule has 1 fully saturated rings. The van der Waals surface area contributed by atoms with E-state index in [1.165, 1.54) is 0 Å². The zero-order valence-electron chi connectivity index (χ0n) is 11.1. The normalized spacial score (nSPS) is 21.7. The number of hydrogen-bond donors (Lipinski definition) is 2. The van der Waals surface area contributed by atoms with Gasteiger partial charge in [-0.15, -0.1) is 0 Å². The lowest BCUT2D eigenvalue weighted by Gasteiger charge is -2.31. The number of rotatable bonds is 2. The van der Waals surface area contributed by atoms with Crippen LogP contribution < -0.4 is 10.6 Å². The second-order valence-corrected chi connectivity index (χ2v) is 4.96. The van der Waals surface area contributed by atoms with Crippen molar-refractivity contribution in [1.29, 1.82) is 5.41 Å². The monoisotopic (exact) mass is 247 g/mol. The topological polar surface area (TPSA) is 69.2 Å². The highest BCUT2D eigenvalue weighted by Crippen LogP contribution is 2.23. The minimum atomic E-state index is 0.109. The predicted molar refractivity (Wildman–Crippen MR) is 74.2 cm³/mol. The van der Waals surface area contributed by atoms with Crippen molar-refractivity contribution in [2.24, 2.45) is 5.73 Å². The Morgan fingerprint density at radius 3 is 3.00 bits per heavy atom. The van der Waals surface area contributed by atoms with Crippen LogP contribution in [-0.4, -0.2) is 48.4 Å². The zero-order valence-corrected chi connectivity index (χ0v) is 11.1. The summed E-state index contributed by atoms with van der Waals surface area (Å²) >= 11 is 0. The Balaban J connectivity index is 2.32. The summed E-state index contributed by atoms with van der Waals surface area (Å²) in [5.41, 5.74) is 7.41. The van der Waals surface area contributed by atoms with E-state index in [4.69, 9.17) is 11.1 Å². The van der Waals surface area contributed by atoms with E-state index in [0.29, 0.717) is 6.04 Å². The molecule has 5 heteroatoms. The molecule has 0 bridgehead atoms. The first-order chi connectivity index (χ1) is 8.59. The summed E-state index contributed by atoms with van der Waals surface area (Å²) in [5, 5.41) is 7.67. The third-order valence-electron chi connectivity index (χ3n) is 3.45. The lowest BCUT2D eigenvalue weighted by Crippen LogP contribution is -2.39. The maximum absolute atomic E-state index is 7.67. The zero-order chi connectivity index (χ0) is 13.1. The van der Waals surface area contributed by atoms with Crippen LogP contribution in [0.15, 0.2) is 18.5 Å². The van der Waals surface area contributed by atoms with Gasteiger partial charge >= 0.3 is 0 Å². The molecule has 3 N–H and O–H groups in total. The molecule has 0 radical (unpaired) electrons. The molecule has 0 aliphatic carbocycles. The summed E-state index contributed by atoms with van der Waals surface area (Å²) in [6, 6.07) is 2.22. The molecule has 1 atom stereocenters. The minimum Gasteiger partial charge on any atom is -0.384 e. The molecule has 18 heavy (non-hydrogen) atoms. The Labute approximate surface area is 108 Å². The fourth-order valence-electron chi connectivity index (χ4n) is 2.57. The minimum absolute atomic E-state index is 0.109. The van der Waals surface area contributed by atoms with Crippen LogP contribution >= 0.6 is 0 Å². The Morgan fingerprint density at radius 1 is 1.50 bits per heavy atom. The molecule has 0 amide bonds. The lowest BCUT2D eigenvalue weighted by atomic mass is 10.1. The smallest absolute Gasteiger partial charge is 0.125 e. The van der Waals surface area contributed by atoms with Crippen molar-refractivity contribution in [3.63, 3.8) is 0 Å². The van der Waals surface area contributed by atoms with Crippen LogP contribution in [0.3, 0.4) is 0 Å². The summed E-state index contributed by atoms with van der Waals surface area (Å²) in [7, 11) is 2.15. The molecule has 1 unspecified atom stereocenters. The van der Waals surface area contributed by atoms with E-state index in [1.807, 2.05) is 12.3 Å². The van der Waals surface area contributed by atoms with Crippen molar-refractivity contribution in [2.75, 3.05) is 31.6 Å². The predicted octanol–water partition coefficient (Wildman–Crippen LogP) is 0.896. The van der Waals surface area contributed by atoms with E-state index in [1.54, 1.807) is 6.20 Å². The number of nitrogens with two attached hydrogens (primary N) is 1. The van der Waals surface area contributed by atoms with Crippen LogP contribution in [-0.2, 0) is 0 Å². The first-order valence-electron chi connectivity index (χ1n) is 6.33. The average molecular weight is 247 g/mol. The summed E-state index contributed by atoms with van der Waals surface area (Å²) in [6.07, 6.45) is 4.63. The van der Waals surface area contributed by atoms with Crippen LogP contribution in [0.1, 0.15) is 18.9 Å². The van der Waals surface area contributed by atoms with Crippen molar-refractivity contribution < 1.29 is 0 Å². The molecular formula is C13H21N5. The molecule has 1 saturated heterocycles. The van der Waals surface area contributed by atoms with Crippen molar-refractivity contribution >= 4 is 11.5 Å². The lowest BCUT2D eigenvalue weighted by molar-refractivity contribution is 0.337. The van der Waals surface area contributed by atoms with E-state index in [2.05, 4.69) is 28.8 Å². The van der Waals surface area contributed by atoms with Gasteiger partial charge in [-0.05, 0) is 33.0 Å². The van der Waals surface area contributed by atoms with Gasteiger partial charge in [0.05, 0.1) is 11.9 Å². The summed E-state index contributed by atoms with van der Waals surface area (Å²) in [6.45, 7) is 5.32. The maximum atomic E-state index is 7.67. The second-order valence-electron chi connectivity index (χ2n) is 4.96. The van der Waals surface area contributed by atoms with Crippen LogP contribution in [0.25, 0.3) is 0 Å². The van der Waals surface area contributed by atoms with Gasteiger partial charge in [-0.3, -0.25) is 10.4 Å². The van der Waals surface area contributed by atoms with Gasteiger partial charge in [0.1, 0.15) is 5.84 Å². The van der Waals surface area contributed by atoms with E-state index < -0.39 is 0 Å². The number of aromatic nitrogens is 1. The van der Waals surface area contributed by atoms with E-state index in [0.717, 1.165) is 37.3 Å². The Kier molecular flexibility index (Phi) is 3.81. The number of likely N-dealkylation sites (N-methyl/N-ethyl adjacent to an activating group) is 1. The molecular weight excluding hydrogens is 226 g/mol. The van der Waals surface area contributed by atoms with Crippen molar-refractivity contribution in [1.82, 2.24) is 9.88 Å². The highest BCUT2D eigenvalue weighted by Gasteiger charge is 2.22. The Hall–Kier alpha value is -1.62. The van der Waals surface area contributed by atoms with Crippen molar-refractivity contribution in [2.45, 2.75) is 19.4 Å². The van der Waals surface area contributed by atoms with Crippen molar-refractivity contribution in [3.8, 4) is 0 Å². The number of nitrogens with one attached hydrogen (secondary N) is 1. The van der Waals surface area contributed by atoms with Gasteiger partial charge < -0.3 is 15.5 Å². The fourth-order valence-corrected chi connectivity index (χ4v) is 2.57. The van der Waals surface area contributed by atoms with Crippen LogP contribution in [0.2, 0.25) is 0 Å². The average Bonchev–Trinajstić information content (AvgIpc) is 2.50.